The topological polar surface area (TPSA) is 76.7 Å². The fourth-order valence-electron chi connectivity index (χ4n) is 1.18. The van der Waals surface area contributed by atoms with Crippen LogP contribution in [0.5, 0.6) is 0 Å². The zero-order valence-corrected chi connectivity index (χ0v) is 10.6. The number of aromatic nitrogens is 4. The van der Waals surface area contributed by atoms with E-state index in [-0.39, 0.29) is 0 Å². The lowest BCUT2D eigenvalue weighted by atomic mass is 10.4. The van der Waals surface area contributed by atoms with E-state index in [2.05, 4.69) is 29.9 Å². The molecule has 1 N–H and O–H groups in total. The second-order valence-electron chi connectivity index (χ2n) is 3.09. The van der Waals surface area contributed by atoms with Crippen LogP contribution in [0.1, 0.15) is 5.82 Å². The van der Waals surface area contributed by atoms with Crippen LogP contribution in [-0.4, -0.2) is 32.9 Å². The van der Waals surface area contributed by atoms with Crippen molar-refractivity contribution in [2.45, 2.75) is 11.6 Å². The van der Waals surface area contributed by atoms with E-state index >= 15 is 0 Å². The fourth-order valence-corrected chi connectivity index (χ4v) is 1.80. The van der Waals surface area contributed by atoms with E-state index in [0.29, 0.717) is 34.9 Å². The van der Waals surface area contributed by atoms with Gasteiger partial charge >= 0.3 is 0 Å². The first-order chi connectivity index (χ1) is 8.28. The molecule has 0 amide bonds. The second-order valence-corrected chi connectivity index (χ2v) is 4.25. The zero-order valence-electron chi connectivity index (χ0n) is 9.05. The van der Waals surface area contributed by atoms with Gasteiger partial charge in [-0.15, -0.1) is 0 Å². The van der Waals surface area contributed by atoms with E-state index in [4.69, 9.17) is 11.6 Å². The summed E-state index contributed by atoms with van der Waals surface area (Å²) in [7, 11) is 0. The maximum Gasteiger partial charge on any atom is 0.213 e. The smallest absolute Gasteiger partial charge is 0.213 e. The van der Waals surface area contributed by atoms with Gasteiger partial charge in [0, 0.05) is 19.0 Å². The van der Waals surface area contributed by atoms with Crippen molar-refractivity contribution in [2.75, 3.05) is 18.1 Å². The normalized spacial score (nSPS) is 10.5. The van der Waals surface area contributed by atoms with Crippen LogP contribution in [0.3, 0.4) is 0 Å². The number of hydrogen-bond donors (Lipinski definition) is 1. The number of rotatable bonds is 5. The van der Waals surface area contributed by atoms with Crippen LogP contribution in [0.4, 0.5) is 5.82 Å². The van der Waals surface area contributed by atoms with Gasteiger partial charge in [-0.1, -0.05) is 28.5 Å². The first kappa shape index (κ1) is 12.1. The minimum absolute atomic E-state index is 0.423. The third kappa shape index (κ3) is 3.57. The van der Waals surface area contributed by atoms with Gasteiger partial charge in [0.05, 0.1) is 0 Å². The fraction of sp³-hybridized carbons (Fsp3) is 0.333. The van der Waals surface area contributed by atoms with Crippen molar-refractivity contribution in [1.29, 1.82) is 0 Å². The molecule has 0 radical (unpaired) electrons. The summed E-state index contributed by atoms with van der Waals surface area (Å²) in [4.78, 5) is 12.2. The Bertz CT molecular complexity index is 478. The van der Waals surface area contributed by atoms with Crippen LogP contribution in [0, 0.1) is 0 Å². The summed E-state index contributed by atoms with van der Waals surface area (Å²) < 4.78 is 4.63. The summed E-state index contributed by atoms with van der Waals surface area (Å²) in [6.45, 7) is 0.653. The van der Waals surface area contributed by atoms with E-state index in [1.165, 1.54) is 18.2 Å². The highest BCUT2D eigenvalue weighted by Gasteiger charge is 2.03. The molecule has 17 heavy (non-hydrogen) atoms. The van der Waals surface area contributed by atoms with Crippen LogP contribution in [0.15, 0.2) is 22.1 Å². The predicted molar refractivity (Wildman–Crippen MR) is 65.3 cm³/mol. The first-order valence-electron chi connectivity index (χ1n) is 4.85. The van der Waals surface area contributed by atoms with Crippen molar-refractivity contribution >= 4 is 29.2 Å². The molecular weight excluding hydrogens is 262 g/mol. The predicted octanol–water partition coefficient (Wildman–Crippen LogP) is 1.89. The molecular formula is C9H10ClN5OS. The second kappa shape index (κ2) is 5.83. The lowest BCUT2D eigenvalue weighted by molar-refractivity contribution is 0.410. The molecule has 2 aromatic rings. The molecule has 2 aromatic heterocycles. The van der Waals surface area contributed by atoms with Gasteiger partial charge in [0.1, 0.15) is 11.0 Å². The molecule has 0 saturated heterocycles. The number of anilines is 1. The van der Waals surface area contributed by atoms with Gasteiger partial charge in [-0.3, -0.25) is 0 Å². The van der Waals surface area contributed by atoms with E-state index in [9.17, 15) is 0 Å². The van der Waals surface area contributed by atoms with Crippen LogP contribution in [-0.2, 0) is 6.42 Å². The average molecular weight is 272 g/mol. The van der Waals surface area contributed by atoms with E-state index in [1.807, 2.05) is 6.26 Å². The highest BCUT2D eigenvalue weighted by Crippen LogP contribution is 2.16. The Hall–Kier alpha value is -1.34. The van der Waals surface area contributed by atoms with E-state index in [1.54, 1.807) is 6.07 Å². The molecule has 0 aliphatic carbocycles. The van der Waals surface area contributed by atoms with Gasteiger partial charge in [0.25, 0.3) is 0 Å². The van der Waals surface area contributed by atoms with E-state index in [0.717, 1.165) is 0 Å². The van der Waals surface area contributed by atoms with Crippen molar-refractivity contribution in [3.05, 3.63) is 23.4 Å². The van der Waals surface area contributed by atoms with Crippen molar-refractivity contribution in [3.63, 3.8) is 0 Å². The average Bonchev–Trinajstić information content (AvgIpc) is 2.81. The lowest BCUT2D eigenvalue weighted by Crippen LogP contribution is -2.08. The van der Waals surface area contributed by atoms with Crippen LogP contribution in [0.2, 0.25) is 5.15 Å². The molecule has 0 spiro atoms. The quantitative estimate of drug-likeness (QED) is 0.505. The summed E-state index contributed by atoms with van der Waals surface area (Å²) in [5, 5.41) is 7.90. The number of halogens is 1. The van der Waals surface area contributed by atoms with Crippen LogP contribution in [0.25, 0.3) is 0 Å². The lowest BCUT2D eigenvalue weighted by Gasteiger charge is -2.05. The molecule has 0 bridgehead atoms. The van der Waals surface area contributed by atoms with Crippen molar-refractivity contribution in [2.24, 2.45) is 0 Å². The highest BCUT2D eigenvalue weighted by atomic mass is 35.5. The minimum atomic E-state index is 0.423. The Labute approximate surface area is 107 Å². The Morgan fingerprint density at radius 2 is 2.35 bits per heavy atom. The number of thioether (sulfide) groups is 1. The molecule has 0 fully saturated rings. The third-order valence-corrected chi connectivity index (χ3v) is 2.66. The third-order valence-electron chi connectivity index (χ3n) is 1.92. The van der Waals surface area contributed by atoms with Gasteiger partial charge < -0.3 is 9.84 Å². The van der Waals surface area contributed by atoms with Crippen molar-refractivity contribution < 1.29 is 4.52 Å². The number of hydrogen-bond acceptors (Lipinski definition) is 7. The van der Waals surface area contributed by atoms with Crippen LogP contribution >= 0.6 is 23.4 Å². The van der Waals surface area contributed by atoms with Gasteiger partial charge in [-0.05, 0) is 6.26 Å². The standard InChI is InChI=1S/C9H10ClN5OS/c1-17-9-13-6(10)4-8(14-9)11-3-2-7-12-5-16-15-7/h4-5H,2-3H2,1H3,(H,11,13,14). The summed E-state index contributed by atoms with van der Waals surface area (Å²) in [5.74, 6) is 1.35. The molecule has 0 aromatic carbocycles. The summed E-state index contributed by atoms with van der Waals surface area (Å²) in [5.41, 5.74) is 0. The van der Waals surface area contributed by atoms with Gasteiger partial charge in [0.2, 0.25) is 6.39 Å². The van der Waals surface area contributed by atoms with E-state index < -0.39 is 0 Å². The zero-order chi connectivity index (χ0) is 12.1. The Balaban J connectivity index is 1.92. The van der Waals surface area contributed by atoms with Gasteiger partial charge in [-0.2, -0.15) is 4.98 Å². The minimum Gasteiger partial charge on any atom is -0.369 e. The first-order valence-corrected chi connectivity index (χ1v) is 6.46. The SMILES string of the molecule is CSc1nc(Cl)cc(NCCc2ncon2)n1. The number of nitrogens with zero attached hydrogens (tertiary/aromatic N) is 4. The molecule has 0 unspecified atom stereocenters. The maximum atomic E-state index is 5.86. The van der Waals surface area contributed by atoms with Gasteiger partial charge in [-0.25, -0.2) is 9.97 Å². The summed E-state index contributed by atoms with van der Waals surface area (Å²) >= 11 is 7.31. The molecule has 0 aliphatic rings. The molecule has 90 valence electrons. The highest BCUT2D eigenvalue weighted by molar-refractivity contribution is 7.98. The molecule has 2 heterocycles. The van der Waals surface area contributed by atoms with Crippen LogP contribution < -0.4 is 5.32 Å². The molecule has 0 atom stereocenters. The summed E-state index contributed by atoms with van der Waals surface area (Å²) in [6.07, 6.45) is 3.87. The molecule has 0 aliphatic heterocycles. The Morgan fingerprint density at radius 3 is 3.06 bits per heavy atom. The largest absolute Gasteiger partial charge is 0.369 e. The number of nitrogens with one attached hydrogen (secondary N) is 1. The van der Waals surface area contributed by atoms with Crippen molar-refractivity contribution in [1.82, 2.24) is 20.1 Å². The van der Waals surface area contributed by atoms with Gasteiger partial charge in [0.15, 0.2) is 11.0 Å². The Kier molecular flexibility index (Phi) is 4.16. The maximum absolute atomic E-state index is 5.86. The molecule has 0 saturated carbocycles. The summed E-state index contributed by atoms with van der Waals surface area (Å²) in [6, 6.07) is 1.68. The molecule has 6 nitrogen and oxygen atoms in total. The molecule has 8 heteroatoms. The monoisotopic (exact) mass is 271 g/mol. The van der Waals surface area contributed by atoms with Crippen molar-refractivity contribution in [3.8, 4) is 0 Å². The Morgan fingerprint density at radius 1 is 1.47 bits per heavy atom. The molecule has 2 rings (SSSR count).